The van der Waals surface area contributed by atoms with Crippen LogP contribution < -0.4 is 19.7 Å². The number of fused-ring (bicyclic) bond motifs is 3. The molecule has 224 valence electrons. The number of nitrogens with zero attached hydrogens (tertiary/aromatic N) is 5. The number of aliphatic hydroxyl groups is 1. The van der Waals surface area contributed by atoms with Crippen molar-refractivity contribution in [3.8, 4) is 23.1 Å². The minimum Gasteiger partial charge on any atom is -0.480 e. The van der Waals surface area contributed by atoms with E-state index in [0.717, 1.165) is 57.1 Å². The molecular weight excluding hydrogens is 561 g/mol. The maximum absolute atomic E-state index is 16.8. The zero-order chi connectivity index (χ0) is 29.4. The first-order chi connectivity index (χ1) is 20.4. The highest BCUT2D eigenvalue weighted by molar-refractivity contribution is 6.35. The lowest BCUT2D eigenvalue weighted by Gasteiger charge is -2.39. The van der Waals surface area contributed by atoms with Crippen molar-refractivity contribution in [2.24, 2.45) is 5.41 Å². The summed E-state index contributed by atoms with van der Waals surface area (Å²) in [5.41, 5.74) is 1.82. The number of anilines is 1. The molecule has 1 aromatic carbocycles. The van der Waals surface area contributed by atoms with Gasteiger partial charge in [-0.3, -0.25) is 5.10 Å². The van der Waals surface area contributed by atoms with Gasteiger partial charge in [-0.05, 0) is 57.2 Å². The predicted molar refractivity (Wildman–Crippen MR) is 161 cm³/mol. The molecule has 1 saturated carbocycles. The van der Waals surface area contributed by atoms with Crippen LogP contribution in [0.1, 0.15) is 57.4 Å². The second-order valence-electron chi connectivity index (χ2n) is 11.5. The van der Waals surface area contributed by atoms with Gasteiger partial charge < -0.3 is 24.8 Å². The average molecular weight is 598 g/mol. The maximum Gasteiger partial charge on any atom is 0.319 e. The molecule has 2 fully saturated rings. The standard InChI is InChI=1S/C30H37ClFN7O3/c1-4-5-12-39(16-40)27-22-26(36-29(37-27)42-15-30-9-6-8-20(30)33-11-7-10-30)24(32)25(35-28(22)41-3)21-18-14-34-38-19(18)13-17(2)23(21)31/h13-14,20,33,40H,4-12,15-16H2,1-3H3,(H,34,38). The zero-order valence-electron chi connectivity index (χ0n) is 24.3. The zero-order valence-corrected chi connectivity index (χ0v) is 25.0. The highest BCUT2D eigenvalue weighted by Gasteiger charge is 2.45. The van der Waals surface area contributed by atoms with E-state index in [4.69, 9.17) is 26.1 Å². The molecule has 3 aromatic heterocycles. The number of ether oxygens (including phenoxy) is 2. The van der Waals surface area contributed by atoms with Gasteiger partial charge in [0.2, 0.25) is 5.88 Å². The largest absolute Gasteiger partial charge is 0.480 e. The lowest BCUT2D eigenvalue weighted by molar-refractivity contribution is 0.0798. The number of aromatic nitrogens is 5. The fourth-order valence-corrected chi connectivity index (χ4v) is 6.91. The molecule has 2 aliphatic rings. The Hall–Kier alpha value is -3.28. The Morgan fingerprint density at radius 3 is 2.86 bits per heavy atom. The minimum absolute atomic E-state index is 0.00275. The second-order valence-corrected chi connectivity index (χ2v) is 11.8. The number of nitrogens with one attached hydrogen (secondary N) is 2. The number of halogens is 2. The number of aliphatic hydroxyl groups excluding tert-OH is 1. The van der Waals surface area contributed by atoms with Crippen LogP contribution in [0.15, 0.2) is 12.3 Å². The molecule has 2 atom stereocenters. The average Bonchev–Trinajstić information content (AvgIpc) is 3.65. The van der Waals surface area contributed by atoms with Crippen LogP contribution in [-0.4, -0.2) is 69.8 Å². The third-order valence-corrected chi connectivity index (χ3v) is 9.38. The summed E-state index contributed by atoms with van der Waals surface area (Å²) in [4.78, 5) is 15.6. The molecule has 1 aliphatic carbocycles. The molecule has 4 heterocycles. The number of aromatic amines is 1. The van der Waals surface area contributed by atoms with Gasteiger partial charge in [0.25, 0.3) is 0 Å². The van der Waals surface area contributed by atoms with Gasteiger partial charge >= 0.3 is 6.01 Å². The first kappa shape index (κ1) is 28.8. The summed E-state index contributed by atoms with van der Waals surface area (Å²) < 4.78 is 28.8. The van der Waals surface area contributed by atoms with Gasteiger partial charge in [-0.25, -0.2) is 9.37 Å². The number of aryl methyl sites for hydroxylation is 1. The molecule has 10 nitrogen and oxygen atoms in total. The van der Waals surface area contributed by atoms with Crippen molar-refractivity contribution in [1.82, 2.24) is 30.5 Å². The summed E-state index contributed by atoms with van der Waals surface area (Å²) in [6, 6.07) is 2.30. The summed E-state index contributed by atoms with van der Waals surface area (Å²) >= 11 is 6.77. The molecule has 1 saturated heterocycles. The molecule has 0 bridgehead atoms. The molecular formula is C30H37ClFN7O3. The van der Waals surface area contributed by atoms with Gasteiger partial charge in [0.1, 0.15) is 23.3 Å². The highest BCUT2D eigenvalue weighted by atomic mass is 35.5. The number of piperidine rings is 1. The van der Waals surface area contributed by atoms with E-state index in [1.54, 1.807) is 11.1 Å². The number of hydrogen-bond donors (Lipinski definition) is 3. The summed E-state index contributed by atoms with van der Waals surface area (Å²) in [5.74, 6) is -0.247. The molecule has 2 unspecified atom stereocenters. The smallest absolute Gasteiger partial charge is 0.319 e. The Kier molecular flexibility index (Phi) is 8.08. The fraction of sp³-hybridized carbons (Fsp3) is 0.533. The summed E-state index contributed by atoms with van der Waals surface area (Å²) in [6.07, 6.45) is 8.76. The SMILES string of the molecule is CCCCN(CO)c1nc(OCC23CCCNC2CCC3)nc2c(F)c(-c3c(Cl)c(C)cc4[nH]ncc34)nc(OC)c12. The van der Waals surface area contributed by atoms with Crippen molar-refractivity contribution in [2.75, 3.05) is 38.4 Å². The number of rotatable bonds is 10. The molecule has 4 aromatic rings. The van der Waals surface area contributed by atoms with E-state index in [1.165, 1.54) is 7.11 Å². The number of methoxy groups -OCH3 is 1. The topological polar surface area (TPSA) is 121 Å². The van der Waals surface area contributed by atoms with Crippen molar-refractivity contribution in [3.63, 3.8) is 0 Å². The summed E-state index contributed by atoms with van der Waals surface area (Å²) in [5, 5.41) is 22.3. The van der Waals surface area contributed by atoms with Gasteiger partial charge in [-0.1, -0.05) is 31.4 Å². The first-order valence-corrected chi connectivity index (χ1v) is 15.1. The molecule has 1 aliphatic heterocycles. The Labute approximate surface area is 249 Å². The van der Waals surface area contributed by atoms with Gasteiger partial charge in [0.15, 0.2) is 11.6 Å². The van der Waals surface area contributed by atoms with Crippen molar-refractivity contribution in [1.29, 1.82) is 0 Å². The van der Waals surface area contributed by atoms with Crippen molar-refractivity contribution in [3.05, 3.63) is 28.7 Å². The van der Waals surface area contributed by atoms with Crippen LogP contribution in [0.4, 0.5) is 10.2 Å². The van der Waals surface area contributed by atoms with Gasteiger partial charge in [0.05, 0.1) is 30.5 Å². The normalized spacial score (nSPS) is 20.3. The molecule has 0 amide bonds. The van der Waals surface area contributed by atoms with E-state index < -0.39 is 5.82 Å². The van der Waals surface area contributed by atoms with Crippen LogP contribution in [0.3, 0.4) is 0 Å². The predicted octanol–water partition coefficient (Wildman–Crippen LogP) is 5.54. The second kappa shape index (κ2) is 11.8. The first-order valence-electron chi connectivity index (χ1n) is 14.7. The Balaban J connectivity index is 1.54. The minimum atomic E-state index is -0.682. The van der Waals surface area contributed by atoms with Crippen LogP contribution in [-0.2, 0) is 0 Å². The van der Waals surface area contributed by atoms with Gasteiger partial charge in [-0.2, -0.15) is 15.1 Å². The van der Waals surface area contributed by atoms with E-state index in [9.17, 15) is 5.11 Å². The number of benzene rings is 1. The van der Waals surface area contributed by atoms with Crippen molar-refractivity contribution in [2.45, 2.75) is 64.8 Å². The number of hydrogen-bond acceptors (Lipinski definition) is 9. The number of pyridine rings is 1. The molecule has 0 spiro atoms. The molecule has 3 N–H and O–H groups in total. The van der Waals surface area contributed by atoms with Gasteiger partial charge in [0, 0.05) is 29.0 Å². The Morgan fingerprint density at radius 1 is 1.24 bits per heavy atom. The lowest BCUT2D eigenvalue weighted by atomic mass is 9.76. The van der Waals surface area contributed by atoms with Crippen molar-refractivity contribution < 1.29 is 19.0 Å². The third kappa shape index (κ3) is 4.91. The summed E-state index contributed by atoms with van der Waals surface area (Å²) in [7, 11) is 1.47. The monoisotopic (exact) mass is 597 g/mol. The highest BCUT2D eigenvalue weighted by Crippen LogP contribution is 2.46. The Bertz CT molecular complexity index is 1620. The maximum atomic E-state index is 16.8. The van der Waals surface area contributed by atoms with Crippen molar-refractivity contribution >= 4 is 39.2 Å². The number of H-pyrrole nitrogens is 1. The van der Waals surface area contributed by atoms with E-state index >= 15 is 4.39 Å². The van der Waals surface area contributed by atoms with Gasteiger partial charge in [-0.15, -0.1) is 0 Å². The van der Waals surface area contributed by atoms with Crippen LogP contribution in [0.2, 0.25) is 5.02 Å². The lowest BCUT2D eigenvalue weighted by Crippen LogP contribution is -2.49. The Morgan fingerprint density at radius 2 is 2.07 bits per heavy atom. The van der Waals surface area contributed by atoms with E-state index in [2.05, 4.69) is 32.4 Å². The van der Waals surface area contributed by atoms with E-state index in [1.807, 2.05) is 13.0 Å². The molecule has 42 heavy (non-hydrogen) atoms. The molecule has 0 radical (unpaired) electrons. The fourth-order valence-electron chi connectivity index (χ4n) is 6.66. The summed E-state index contributed by atoms with van der Waals surface area (Å²) in [6.45, 7) is 5.52. The quantitative estimate of drug-likeness (QED) is 0.202. The molecule has 6 rings (SSSR count). The van der Waals surface area contributed by atoms with Crippen LogP contribution >= 0.6 is 11.6 Å². The molecule has 12 heteroatoms. The van der Waals surface area contributed by atoms with Crippen LogP contribution in [0, 0.1) is 18.2 Å². The van der Waals surface area contributed by atoms with Crippen LogP contribution in [0.5, 0.6) is 11.9 Å². The number of unbranched alkanes of at least 4 members (excludes halogenated alkanes) is 1. The van der Waals surface area contributed by atoms with Crippen LogP contribution in [0.25, 0.3) is 33.1 Å². The van der Waals surface area contributed by atoms with E-state index in [0.29, 0.717) is 46.5 Å². The van der Waals surface area contributed by atoms with E-state index in [-0.39, 0.29) is 40.6 Å². The third-order valence-electron chi connectivity index (χ3n) is 8.90.